The molecule has 2 aromatic rings. The molecular weight excluding hydrogens is 439 g/mol. The number of pyridine rings is 1. The first kappa shape index (κ1) is 22.0. The fraction of sp³-hybridized carbons (Fsp3) is 0.364. The van der Waals surface area contributed by atoms with E-state index in [1.165, 1.54) is 23.2 Å². The molecule has 2 N–H and O–H groups in total. The lowest BCUT2D eigenvalue weighted by Gasteiger charge is -2.70. The zero-order chi connectivity index (χ0) is 23.1. The predicted octanol–water partition coefficient (Wildman–Crippen LogP) is 2.18. The van der Waals surface area contributed by atoms with Gasteiger partial charge >= 0.3 is 0 Å². The number of hydrogen-bond acceptors (Lipinski definition) is 5. The van der Waals surface area contributed by atoms with Crippen LogP contribution in [0.15, 0.2) is 36.5 Å². The maximum absolute atomic E-state index is 13.5. The number of nitrogens with one attached hydrogen (secondary N) is 2. The lowest BCUT2D eigenvalue weighted by molar-refractivity contribution is -0.141. The first-order valence-electron chi connectivity index (χ1n) is 10.0. The summed E-state index contributed by atoms with van der Waals surface area (Å²) in [4.78, 5) is 42.8. The summed E-state index contributed by atoms with van der Waals surface area (Å²) in [5.41, 5.74) is -0.482. The number of aromatic nitrogens is 1. The average molecular weight is 461 g/mol. The number of amides is 3. The lowest BCUT2D eigenvalue weighted by Crippen LogP contribution is -2.84. The number of carbonyl (C=O) groups is 3. The van der Waals surface area contributed by atoms with Crippen LogP contribution in [-0.2, 0) is 4.79 Å². The molecule has 3 fully saturated rings. The molecule has 0 saturated heterocycles. The van der Waals surface area contributed by atoms with Crippen molar-refractivity contribution in [2.24, 2.45) is 0 Å². The highest BCUT2D eigenvalue weighted by atomic mass is 35.5. The summed E-state index contributed by atoms with van der Waals surface area (Å²) < 4.78 is 18.8. The summed E-state index contributed by atoms with van der Waals surface area (Å²) in [7, 11) is 3.22. The van der Waals surface area contributed by atoms with Crippen molar-refractivity contribution in [1.82, 2.24) is 20.5 Å². The molecule has 3 aliphatic rings. The molecule has 0 radical (unpaired) electrons. The third-order valence-electron chi connectivity index (χ3n) is 5.73. The average Bonchev–Trinajstić information content (AvgIpc) is 2.71. The van der Waals surface area contributed by atoms with E-state index < -0.39 is 17.3 Å². The molecule has 0 unspecified atom stereocenters. The van der Waals surface area contributed by atoms with Gasteiger partial charge in [0.05, 0.1) is 10.6 Å². The quantitative estimate of drug-likeness (QED) is 0.659. The van der Waals surface area contributed by atoms with Gasteiger partial charge in [-0.2, -0.15) is 0 Å². The van der Waals surface area contributed by atoms with Gasteiger partial charge in [-0.25, -0.2) is 4.39 Å². The van der Waals surface area contributed by atoms with Crippen LogP contribution in [0.1, 0.15) is 40.1 Å². The first-order chi connectivity index (χ1) is 15.1. The van der Waals surface area contributed by atoms with E-state index in [1.807, 2.05) is 0 Å². The van der Waals surface area contributed by atoms with Crippen molar-refractivity contribution < 1.29 is 23.5 Å². The number of halogens is 2. The van der Waals surface area contributed by atoms with Crippen molar-refractivity contribution in [2.45, 2.75) is 30.3 Å². The Morgan fingerprint density at radius 1 is 1.16 bits per heavy atom. The number of carbonyl (C=O) groups excluding carboxylic acids is 3. The molecule has 1 aromatic heterocycles. The number of ether oxygens (including phenoxy) is 1. The minimum atomic E-state index is -0.620. The van der Waals surface area contributed by atoms with E-state index in [9.17, 15) is 18.8 Å². The molecule has 1 heterocycles. The smallest absolute Gasteiger partial charge is 0.271 e. The van der Waals surface area contributed by atoms with Gasteiger partial charge in [-0.05, 0) is 43.5 Å². The van der Waals surface area contributed by atoms with Crippen LogP contribution in [0.5, 0.6) is 5.75 Å². The molecular formula is C22H22ClFN4O4. The fourth-order valence-electron chi connectivity index (χ4n) is 4.40. The Hall–Kier alpha value is -3.20. The van der Waals surface area contributed by atoms with Crippen molar-refractivity contribution in [3.63, 3.8) is 0 Å². The number of nitrogens with zero attached hydrogens (tertiary/aromatic N) is 2. The Balaban J connectivity index is 1.29. The van der Waals surface area contributed by atoms with Crippen molar-refractivity contribution >= 4 is 29.3 Å². The Labute approximate surface area is 189 Å². The largest absolute Gasteiger partial charge is 0.484 e. The van der Waals surface area contributed by atoms with Gasteiger partial charge in [-0.1, -0.05) is 11.6 Å². The van der Waals surface area contributed by atoms with Crippen LogP contribution < -0.4 is 15.4 Å². The third kappa shape index (κ3) is 4.12. The van der Waals surface area contributed by atoms with Gasteiger partial charge in [0.2, 0.25) is 0 Å². The van der Waals surface area contributed by atoms with Crippen LogP contribution in [0, 0.1) is 5.82 Å². The molecule has 8 nitrogen and oxygen atoms in total. The van der Waals surface area contributed by atoms with Crippen molar-refractivity contribution in [1.29, 1.82) is 0 Å². The molecule has 0 atom stereocenters. The van der Waals surface area contributed by atoms with Crippen molar-refractivity contribution in [3.8, 4) is 5.75 Å². The predicted molar refractivity (Wildman–Crippen MR) is 114 cm³/mol. The second kappa shape index (κ2) is 8.05. The number of hydrogen-bond donors (Lipinski definition) is 2. The summed E-state index contributed by atoms with van der Waals surface area (Å²) in [6.45, 7) is -0.258. The normalized spacial score (nSPS) is 22.8. The van der Waals surface area contributed by atoms with E-state index in [1.54, 1.807) is 26.2 Å². The lowest BCUT2D eigenvalue weighted by atomic mass is 9.44. The number of benzene rings is 1. The molecule has 3 aliphatic carbocycles. The second-order valence-electron chi connectivity index (χ2n) is 8.56. The molecule has 168 valence electrons. The van der Waals surface area contributed by atoms with Crippen LogP contribution in [0.2, 0.25) is 5.02 Å². The van der Waals surface area contributed by atoms with Crippen LogP contribution in [0.4, 0.5) is 4.39 Å². The second-order valence-corrected chi connectivity index (χ2v) is 8.96. The molecule has 3 saturated carbocycles. The van der Waals surface area contributed by atoms with Crippen molar-refractivity contribution in [3.05, 3.63) is 58.6 Å². The van der Waals surface area contributed by atoms with E-state index in [0.29, 0.717) is 19.3 Å². The summed E-state index contributed by atoms with van der Waals surface area (Å²) in [5.74, 6) is -1.45. The van der Waals surface area contributed by atoms with Gasteiger partial charge in [0, 0.05) is 37.4 Å². The minimum Gasteiger partial charge on any atom is -0.484 e. The Morgan fingerprint density at radius 3 is 2.50 bits per heavy atom. The van der Waals surface area contributed by atoms with E-state index >= 15 is 0 Å². The standard InChI is InChI=1S/C22H22ClFN4O4/c1-28(2)20(31)14-4-3-7-25-18(14)19(30)27-22-10-21(11-22,12-22)26-17(29)9-32-13-5-6-15(23)16(24)8-13/h3-8H,9-12H2,1-2H3,(H,26,29)(H,27,30). The van der Waals surface area contributed by atoms with Crippen LogP contribution in [-0.4, -0.2) is 59.4 Å². The SMILES string of the molecule is CN(C)C(=O)c1cccnc1C(=O)NC12CC(NC(=O)COc3ccc(Cl)c(F)c3)(C1)C2. The van der Waals surface area contributed by atoms with Gasteiger partial charge in [-0.3, -0.25) is 19.4 Å². The first-order valence-corrected chi connectivity index (χ1v) is 10.4. The number of rotatable bonds is 7. The maximum Gasteiger partial charge on any atom is 0.271 e. The molecule has 0 aliphatic heterocycles. The Morgan fingerprint density at radius 2 is 1.84 bits per heavy atom. The fourth-order valence-corrected chi connectivity index (χ4v) is 4.52. The highest BCUT2D eigenvalue weighted by Crippen LogP contribution is 2.60. The summed E-state index contributed by atoms with van der Waals surface area (Å²) >= 11 is 5.63. The summed E-state index contributed by atoms with van der Waals surface area (Å²) in [5, 5.41) is 5.87. The molecule has 1 aromatic carbocycles. The van der Waals surface area contributed by atoms with Gasteiger partial charge in [0.15, 0.2) is 6.61 Å². The van der Waals surface area contributed by atoms with Gasteiger partial charge in [-0.15, -0.1) is 0 Å². The van der Waals surface area contributed by atoms with Crippen LogP contribution in [0.3, 0.4) is 0 Å². The van der Waals surface area contributed by atoms with E-state index in [4.69, 9.17) is 16.3 Å². The molecule has 3 amide bonds. The third-order valence-corrected chi connectivity index (χ3v) is 6.04. The van der Waals surface area contributed by atoms with Crippen LogP contribution >= 0.6 is 11.6 Å². The summed E-state index contributed by atoms with van der Waals surface area (Å²) in [6.07, 6.45) is 3.21. The topological polar surface area (TPSA) is 101 Å². The van der Waals surface area contributed by atoms with Gasteiger partial charge in [0.25, 0.3) is 17.7 Å². The van der Waals surface area contributed by atoms with Crippen molar-refractivity contribution in [2.75, 3.05) is 20.7 Å². The molecule has 32 heavy (non-hydrogen) atoms. The van der Waals surface area contributed by atoms with E-state index in [2.05, 4.69) is 15.6 Å². The monoisotopic (exact) mass is 460 g/mol. The van der Waals surface area contributed by atoms with Gasteiger partial charge in [0.1, 0.15) is 17.3 Å². The highest BCUT2D eigenvalue weighted by molar-refractivity contribution is 6.30. The summed E-state index contributed by atoms with van der Waals surface area (Å²) in [6, 6.07) is 7.14. The zero-order valence-corrected chi connectivity index (χ0v) is 18.3. The van der Waals surface area contributed by atoms with Gasteiger partial charge < -0.3 is 20.3 Å². The molecule has 5 rings (SSSR count). The van der Waals surface area contributed by atoms with E-state index in [-0.39, 0.29) is 46.0 Å². The zero-order valence-electron chi connectivity index (χ0n) is 17.6. The molecule has 2 bridgehead atoms. The maximum atomic E-state index is 13.5. The molecule has 0 spiro atoms. The highest BCUT2D eigenvalue weighted by Gasteiger charge is 2.69. The van der Waals surface area contributed by atoms with E-state index in [0.717, 1.165) is 6.07 Å². The Kier molecular flexibility index (Phi) is 5.54. The molecule has 10 heteroatoms. The minimum absolute atomic E-state index is 0.0214. The van der Waals surface area contributed by atoms with Crippen LogP contribution in [0.25, 0.3) is 0 Å². The Bertz CT molecular complexity index is 1090.